The van der Waals surface area contributed by atoms with Crippen molar-refractivity contribution in [2.75, 3.05) is 24.2 Å². The summed E-state index contributed by atoms with van der Waals surface area (Å²) in [7, 11) is 0. The van der Waals surface area contributed by atoms with Crippen molar-refractivity contribution < 1.29 is 0 Å². The fourth-order valence-corrected chi connectivity index (χ4v) is 4.30. The van der Waals surface area contributed by atoms with Gasteiger partial charge in [0.2, 0.25) is 10.1 Å². The highest BCUT2D eigenvalue weighted by atomic mass is 32.2. The van der Waals surface area contributed by atoms with Gasteiger partial charge in [0.05, 0.1) is 11.9 Å². The second kappa shape index (κ2) is 5.80. The van der Waals surface area contributed by atoms with Crippen molar-refractivity contribution in [3.8, 4) is 0 Å². The monoisotopic (exact) mass is 324 g/mol. The average molecular weight is 325 g/mol. The van der Waals surface area contributed by atoms with Crippen molar-refractivity contribution in [2.45, 2.75) is 50.7 Å². The molecule has 0 aliphatic carbocycles. The van der Waals surface area contributed by atoms with Crippen LogP contribution < -0.4 is 4.90 Å². The van der Waals surface area contributed by atoms with E-state index >= 15 is 0 Å². The van der Waals surface area contributed by atoms with Gasteiger partial charge in [-0.3, -0.25) is 0 Å². The molecule has 3 heterocycles. The number of anilines is 1. The van der Waals surface area contributed by atoms with Gasteiger partial charge in [0.1, 0.15) is 0 Å². The summed E-state index contributed by atoms with van der Waals surface area (Å²) >= 11 is 3.70. The Bertz CT molecular complexity index is 579. The molecule has 1 aliphatic heterocycles. The molecule has 116 valence electrons. The van der Waals surface area contributed by atoms with Crippen molar-refractivity contribution in [2.24, 2.45) is 0 Å². The Balaban J connectivity index is 1.85. The zero-order valence-corrected chi connectivity index (χ0v) is 14.9. The standard InChI is InChI=1S/C15H24N4S2/c1-15(2,3)12-10-19-13(16-12)21-14(17-19)18-8-6-5-7-11(9-18)20-4/h10-11H,5-9H2,1-4H3. The van der Waals surface area contributed by atoms with E-state index in [4.69, 9.17) is 10.1 Å². The van der Waals surface area contributed by atoms with Crippen LogP contribution in [0, 0.1) is 0 Å². The van der Waals surface area contributed by atoms with Crippen molar-refractivity contribution in [3.05, 3.63) is 11.9 Å². The summed E-state index contributed by atoms with van der Waals surface area (Å²) in [6.45, 7) is 8.82. The van der Waals surface area contributed by atoms with E-state index in [1.807, 2.05) is 16.3 Å². The number of aromatic nitrogens is 3. The maximum Gasteiger partial charge on any atom is 0.214 e. The fraction of sp³-hybridized carbons (Fsp3) is 0.733. The summed E-state index contributed by atoms with van der Waals surface area (Å²) < 4.78 is 1.96. The number of hydrogen-bond donors (Lipinski definition) is 0. The number of rotatable bonds is 2. The van der Waals surface area contributed by atoms with Crippen LogP contribution in [0.3, 0.4) is 0 Å². The second-order valence-corrected chi connectivity index (χ2v) is 8.86. The molecule has 6 heteroatoms. The first-order valence-electron chi connectivity index (χ1n) is 7.62. The number of nitrogens with zero attached hydrogens (tertiary/aromatic N) is 4. The molecule has 0 bridgehead atoms. The van der Waals surface area contributed by atoms with E-state index in [2.05, 4.69) is 38.1 Å². The molecule has 2 aromatic rings. The lowest BCUT2D eigenvalue weighted by molar-refractivity contribution is 0.572. The summed E-state index contributed by atoms with van der Waals surface area (Å²) in [5.41, 5.74) is 1.20. The maximum absolute atomic E-state index is 4.77. The smallest absolute Gasteiger partial charge is 0.214 e. The topological polar surface area (TPSA) is 33.4 Å². The van der Waals surface area contributed by atoms with Crippen molar-refractivity contribution >= 4 is 33.2 Å². The van der Waals surface area contributed by atoms with E-state index in [0.29, 0.717) is 0 Å². The highest BCUT2D eigenvalue weighted by Crippen LogP contribution is 2.30. The van der Waals surface area contributed by atoms with Crippen LogP contribution >= 0.6 is 23.1 Å². The molecule has 21 heavy (non-hydrogen) atoms. The Hall–Kier alpha value is -0.750. The van der Waals surface area contributed by atoms with Gasteiger partial charge in [-0.05, 0) is 19.1 Å². The van der Waals surface area contributed by atoms with Crippen LogP contribution in [0.5, 0.6) is 0 Å². The predicted molar refractivity (Wildman–Crippen MR) is 92.9 cm³/mol. The van der Waals surface area contributed by atoms with Crippen LogP contribution in [0.4, 0.5) is 5.13 Å². The van der Waals surface area contributed by atoms with Gasteiger partial charge < -0.3 is 4.90 Å². The van der Waals surface area contributed by atoms with E-state index in [0.717, 1.165) is 34.1 Å². The molecular formula is C15H24N4S2. The molecule has 0 N–H and O–H groups in total. The summed E-state index contributed by atoms with van der Waals surface area (Å²) in [6, 6.07) is 0. The van der Waals surface area contributed by atoms with Crippen LogP contribution in [0.1, 0.15) is 45.7 Å². The van der Waals surface area contributed by atoms with E-state index < -0.39 is 0 Å². The molecule has 1 unspecified atom stereocenters. The molecule has 1 fully saturated rings. The molecule has 0 aromatic carbocycles. The predicted octanol–water partition coefficient (Wildman–Crippen LogP) is 3.81. The van der Waals surface area contributed by atoms with Gasteiger partial charge in [-0.25, -0.2) is 9.50 Å². The van der Waals surface area contributed by atoms with Crippen molar-refractivity contribution in [1.29, 1.82) is 0 Å². The summed E-state index contributed by atoms with van der Waals surface area (Å²) in [6.07, 6.45) is 8.23. The number of thioether (sulfide) groups is 1. The Morgan fingerprint density at radius 2 is 2.14 bits per heavy atom. The molecule has 1 atom stereocenters. The summed E-state index contributed by atoms with van der Waals surface area (Å²) in [5, 5.41) is 6.62. The van der Waals surface area contributed by atoms with E-state index in [9.17, 15) is 0 Å². The van der Waals surface area contributed by atoms with Gasteiger partial charge in [0.25, 0.3) is 0 Å². The van der Waals surface area contributed by atoms with Crippen molar-refractivity contribution in [3.63, 3.8) is 0 Å². The zero-order valence-electron chi connectivity index (χ0n) is 13.3. The lowest BCUT2D eigenvalue weighted by Crippen LogP contribution is -2.29. The van der Waals surface area contributed by atoms with Gasteiger partial charge in [0.15, 0.2) is 0 Å². The highest BCUT2D eigenvalue weighted by molar-refractivity contribution is 7.99. The quantitative estimate of drug-likeness (QED) is 0.841. The Kier molecular flexibility index (Phi) is 4.19. The van der Waals surface area contributed by atoms with Crippen LogP contribution in [0.2, 0.25) is 0 Å². The van der Waals surface area contributed by atoms with Crippen molar-refractivity contribution in [1.82, 2.24) is 14.6 Å². The molecule has 0 amide bonds. The normalized spacial score (nSPS) is 21.0. The minimum atomic E-state index is 0.0835. The van der Waals surface area contributed by atoms with Crippen LogP contribution in [0.15, 0.2) is 6.20 Å². The van der Waals surface area contributed by atoms with Gasteiger partial charge in [-0.2, -0.15) is 11.8 Å². The molecule has 3 rings (SSSR count). The van der Waals surface area contributed by atoms with Crippen LogP contribution in [-0.2, 0) is 5.41 Å². The average Bonchev–Trinajstić information content (AvgIpc) is 2.89. The molecular weight excluding hydrogens is 300 g/mol. The molecule has 0 saturated carbocycles. The lowest BCUT2D eigenvalue weighted by Gasteiger charge is -2.22. The molecule has 2 aromatic heterocycles. The van der Waals surface area contributed by atoms with E-state index in [1.54, 1.807) is 11.3 Å². The number of fused-ring (bicyclic) bond motifs is 1. The molecule has 0 radical (unpaired) electrons. The van der Waals surface area contributed by atoms with Gasteiger partial charge in [0, 0.05) is 23.8 Å². The van der Waals surface area contributed by atoms with Gasteiger partial charge >= 0.3 is 0 Å². The lowest BCUT2D eigenvalue weighted by atomic mass is 9.93. The SMILES string of the molecule is CSC1CCCCN(c2nn3cc(C(C)(C)C)nc3s2)C1. The van der Waals surface area contributed by atoms with Gasteiger partial charge in [-0.1, -0.05) is 38.5 Å². The minimum absolute atomic E-state index is 0.0835. The molecule has 0 spiro atoms. The first-order valence-corrected chi connectivity index (χ1v) is 9.72. The third-order valence-corrected chi connectivity index (χ3v) is 6.07. The summed E-state index contributed by atoms with van der Waals surface area (Å²) in [5.74, 6) is 0. The Morgan fingerprint density at radius 1 is 1.33 bits per heavy atom. The molecule has 1 aliphatic rings. The Labute approximate surface area is 134 Å². The first-order chi connectivity index (χ1) is 9.97. The highest BCUT2D eigenvalue weighted by Gasteiger charge is 2.23. The Morgan fingerprint density at radius 3 is 2.81 bits per heavy atom. The number of hydrogen-bond acceptors (Lipinski definition) is 5. The fourth-order valence-electron chi connectivity index (χ4n) is 2.65. The van der Waals surface area contributed by atoms with Crippen LogP contribution in [-0.4, -0.2) is 39.2 Å². The second-order valence-electron chi connectivity index (χ2n) is 6.79. The largest absolute Gasteiger partial charge is 0.346 e. The number of imidazole rings is 1. The molecule has 4 nitrogen and oxygen atoms in total. The third-order valence-electron chi connectivity index (χ3n) is 4.03. The van der Waals surface area contributed by atoms with Gasteiger partial charge in [-0.15, -0.1) is 5.10 Å². The van der Waals surface area contributed by atoms with E-state index in [1.165, 1.54) is 19.3 Å². The third kappa shape index (κ3) is 3.21. The van der Waals surface area contributed by atoms with E-state index in [-0.39, 0.29) is 5.41 Å². The minimum Gasteiger partial charge on any atom is -0.346 e. The summed E-state index contributed by atoms with van der Waals surface area (Å²) in [4.78, 5) is 8.21. The van der Waals surface area contributed by atoms with Crippen LogP contribution in [0.25, 0.3) is 4.96 Å². The zero-order chi connectivity index (χ0) is 15.0. The maximum atomic E-state index is 4.77. The molecule has 1 saturated heterocycles. The first kappa shape index (κ1) is 15.2.